The first-order chi connectivity index (χ1) is 12.0. The van der Waals surface area contributed by atoms with E-state index in [4.69, 9.17) is 14.2 Å². The zero-order chi connectivity index (χ0) is 18.0. The Balaban J connectivity index is 1.77. The summed E-state index contributed by atoms with van der Waals surface area (Å²) in [5, 5.41) is 2.86. The van der Waals surface area contributed by atoms with Crippen LogP contribution in [0.4, 0.5) is 5.69 Å². The van der Waals surface area contributed by atoms with E-state index >= 15 is 0 Å². The van der Waals surface area contributed by atoms with Crippen LogP contribution in [0.25, 0.3) is 0 Å². The third-order valence-corrected chi connectivity index (χ3v) is 5.54. The van der Waals surface area contributed by atoms with E-state index in [1.165, 1.54) is 46.7 Å². The van der Waals surface area contributed by atoms with Crippen LogP contribution < -0.4 is 14.8 Å². The van der Waals surface area contributed by atoms with E-state index in [1.54, 1.807) is 6.07 Å². The topological polar surface area (TPSA) is 73.9 Å². The highest BCUT2D eigenvalue weighted by Crippen LogP contribution is 2.49. The number of carbonyl (C=O) groups excluding carboxylic acids is 2. The van der Waals surface area contributed by atoms with Crippen LogP contribution in [0.2, 0.25) is 0 Å². The smallest absolute Gasteiger partial charge is 0.340 e. The Kier molecular flexibility index (Phi) is 5.16. The second-order valence-electron chi connectivity index (χ2n) is 6.93. The number of fused-ring (bicyclic) bond motifs is 2. The molecule has 0 radical (unpaired) electrons. The minimum Gasteiger partial charge on any atom is -0.493 e. The summed E-state index contributed by atoms with van der Waals surface area (Å²) in [6.45, 7) is 0. The van der Waals surface area contributed by atoms with Gasteiger partial charge in [0.25, 0.3) is 0 Å². The molecule has 6 heteroatoms. The largest absolute Gasteiger partial charge is 0.493 e. The Hall–Kier alpha value is -2.24. The lowest BCUT2D eigenvalue weighted by Gasteiger charge is -2.21. The lowest BCUT2D eigenvalue weighted by Crippen LogP contribution is -2.21. The summed E-state index contributed by atoms with van der Waals surface area (Å²) in [6, 6.07) is 3.13. The average Bonchev–Trinajstić information content (AvgIpc) is 3.23. The predicted molar refractivity (Wildman–Crippen MR) is 93.1 cm³/mol. The lowest BCUT2D eigenvalue weighted by atomic mass is 9.86. The Morgan fingerprint density at radius 3 is 2.36 bits per heavy atom. The molecule has 1 amide bonds. The first-order valence-corrected chi connectivity index (χ1v) is 8.69. The van der Waals surface area contributed by atoms with Gasteiger partial charge in [-0.1, -0.05) is 6.42 Å². The van der Waals surface area contributed by atoms with Crippen molar-refractivity contribution in [2.45, 2.75) is 32.1 Å². The van der Waals surface area contributed by atoms with Crippen molar-refractivity contribution in [2.24, 2.45) is 17.8 Å². The van der Waals surface area contributed by atoms with Gasteiger partial charge in [-0.05, 0) is 37.0 Å². The van der Waals surface area contributed by atoms with Gasteiger partial charge in [-0.25, -0.2) is 4.79 Å². The predicted octanol–water partition coefficient (Wildman–Crippen LogP) is 3.26. The molecule has 2 aliphatic rings. The molecule has 0 saturated heterocycles. The van der Waals surface area contributed by atoms with Gasteiger partial charge in [-0.3, -0.25) is 4.79 Å². The van der Waals surface area contributed by atoms with Crippen molar-refractivity contribution in [3.05, 3.63) is 17.7 Å². The van der Waals surface area contributed by atoms with Crippen molar-refractivity contribution < 1.29 is 23.8 Å². The molecule has 0 aliphatic heterocycles. The lowest BCUT2D eigenvalue weighted by molar-refractivity contribution is -0.117. The molecule has 3 atom stereocenters. The van der Waals surface area contributed by atoms with Gasteiger partial charge in [0, 0.05) is 18.6 Å². The first-order valence-electron chi connectivity index (χ1n) is 8.69. The highest BCUT2D eigenvalue weighted by atomic mass is 16.5. The number of ether oxygens (including phenoxy) is 3. The van der Waals surface area contributed by atoms with Gasteiger partial charge in [-0.15, -0.1) is 0 Å². The molecular formula is C19H25NO5. The highest BCUT2D eigenvalue weighted by molar-refractivity contribution is 6.02. The van der Waals surface area contributed by atoms with Crippen molar-refractivity contribution in [1.82, 2.24) is 0 Å². The second kappa shape index (κ2) is 7.33. The Labute approximate surface area is 147 Å². The molecule has 136 valence electrons. The molecule has 0 unspecified atom stereocenters. The SMILES string of the molecule is COC(=O)c1cc(OC)c(OC)cc1NC(=O)C[C@@H]1C[C@@H]2CC[C@@H]1C2. The summed E-state index contributed by atoms with van der Waals surface area (Å²) in [5.41, 5.74) is 0.638. The molecule has 2 bridgehead atoms. The molecule has 3 rings (SSSR count). The molecule has 1 N–H and O–H groups in total. The second-order valence-corrected chi connectivity index (χ2v) is 6.93. The summed E-state index contributed by atoms with van der Waals surface area (Å²) < 4.78 is 15.3. The number of hydrogen-bond donors (Lipinski definition) is 1. The molecule has 0 heterocycles. The fourth-order valence-corrected chi connectivity index (χ4v) is 4.33. The summed E-state index contributed by atoms with van der Waals surface area (Å²) >= 11 is 0. The van der Waals surface area contributed by atoms with Crippen LogP contribution in [-0.2, 0) is 9.53 Å². The number of amides is 1. The number of anilines is 1. The van der Waals surface area contributed by atoms with Crippen molar-refractivity contribution in [3.63, 3.8) is 0 Å². The van der Waals surface area contributed by atoms with Gasteiger partial charge in [0.1, 0.15) is 0 Å². The summed E-state index contributed by atoms with van der Waals surface area (Å²) in [5.74, 6) is 2.20. The molecule has 1 aromatic carbocycles. The van der Waals surface area contributed by atoms with Crippen LogP contribution in [0.3, 0.4) is 0 Å². The zero-order valence-corrected chi connectivity index (χ0v) is 15.0. The third kappa shape index (κ3) is 3.57. The Bertz CT molecular complexity index is 672. The summed E-state index contributed by atoms with van der Waals surface area (Å²) in [6.07, 6.45) is 5.46. The maximum absolute atomic E-state index is 12.5. The minimum absolute atomic E-state index is 0.0741. The van der Waals surface area contributed by atoms with E-state index < -0.39 is 5.97 Å². The molecule has 1 aromatic rings. The van der Waals surface area contributed by atoms with E-state index in [0.717, 1.165) is 12.3 Å². The molecular weight excluding hydrogens is 322 g/mol. The minimum atomic E-state index is -0.531. The number of benzene rings is 1. The fraction of sp³-hybridized carbons (Fsp3) is 0.579. The molecule has 0 spiro atoms. The zero-order valence-electron chi connectivity index (χ0n) is 15.0. The number of rotatable bonds is 6. The van der Waals surface area contributed by atoms with Gasteiger partial charge >= 0.3 is 5.97 Å². The van der Waals surface area contributed by atoms with Crippen LogP contribution >= 0.6 is 0 Å². The summed E-state index contributed by atoms with van der Waals surface area (Å²) in [4.78, 5) is 24.6. The van der Waals surface area contributed by atoms with E-state index in [0.29, 0.717) is 35.4 Å². The number of methoxy groups -OCH3 is 3. The fourth-order valence-electron chi connectivity index (χ4n) is 4.33. The van der Waals surface area contributed by atoms with Crippen molar-refractivity contribution in [1.29, 1.82) is 0 Å². The molecule has 2 saturated carbocycles. The monoisotopic (exact) mass is 347 g/mol. The van der Waals surface area contributed by atoms with Crippen LogP contribution in [0, 0.1) is 17.8 Å². The van der Waals surface area contributed by atoms with Gasteiger partial charge in [0.2, 0.25) is 5.91 Å². The number of carbonyl (C=O) groups is 2. The van der Waals surface area contributed by atoms with E-state index in [-0.39, 0.29) is 11.5 Å². The van der Waals surface area contributed by atoms with Crippen LogP contribution in [0.15, 0.2) is 12.1 Å². The third-order valence-electron chi connectivity index (χ3n) is 5.54. The Morgan fingerprint density at radius 1 is 1.08 bits per heavy atom. The van der Waals surface area contributed by atoms with E-state index in [2.05, 4.69) is 5.32 Å². The van der Waals surface area contributed by atoms with E-state index in [9.17, 15) is 9.59 Å². The molecule has 2 aliphatic carbocycles. The quantitative estimate of drug-likeness (QED) is 0.800. The summed E-state index contributed by atoms with van der Waals surface area (Å²) in [7, 11) is 4.31. The van der Waals surface area contributed by atoms with Gasteiger partial charge in [0.15, 0.2) is 11.5 Å². The normalized spacial score (nSPS) is 24.0. The Morgan fingerprint density at radius 2 is 1.80 bits per heavy atom. The van der Waals surface area contributed by atoms with Crippen LogP contribution in [-0.4, -0.2) is 33.2 Å². The standard InChI is InChI=1S/C19H25NO5/c1-23-16-9-14(19(22)25-3)15(10-17(16)24-2)20-18(21)8-13-7-11-4-5-12(13)6-11/h9-13H,4-8H2,1-3H3,(H,20,21)/t11-,12-,13+/m1/s1. The van der Waals surface area contributed by atoms with Gasteiger partial charge in [-0.2, -0.15) is 0 Å². The first kappa shape index (κ1) is 17.6. The number of esters is 1. The molecule has 25 heavy (non-hydrogen) atoms. The molecule has 0 aromatic heterocycles. The van der Waals surface area contributed by atoms with Gasteiger partial charge in [0.05, 0.1) is 32.6 Å². The van der Waals surface area contributed by atoms with Gasteiger partial charge < -0.3 is 19.5 Å². The molecule has 2 fully saturated rings. The van der Waals surface area contributed by atoms with Crippen molar-refractivity contribution in [2.75, 3.05) is 26.6 Å². The van der Waals surface area contributed by atoms with Crippen LogP contribution in [0.1, 0.15) is 42.5 Å². The number of nitrogens with one attached hydrogen (secondary N) is 1. The van der Waals surface area contributed by atoms with Crippen LogP contribution in [0.5, 0.6) is 11.5 Å². The molecule has 6 nitrogen and oxygen atoms in total. The van der Waals surface area contributed by atoms with E-state index in [1.807, 2.05) is 0 Å². The maximum atomic E-state index is 12.5. The van der Waals surface area contributed by atoms with Crippen molar-refractivity contribution >= 4 is 17.6 Å². The van der Waals surface area contributed by atoms with Crippen molar-refractivity contribution in [3.8, 4) is 11.5 Å². The average molecular weight is 347 g/mol. The number of hydrogen-bond acceptors (Lipinski definition) is 5. The maximum Gasteiger partial charge on any atom is 0.340 e. The highest BCUT2D eigenvalue weighted by Gasteiger charge is 2.40.